The van der Waals surface area contributed by atoms with Crippen molar-refractivity contribution in [2.75, 3.05) is 5.32 Å². The number of hydrogen-bond acceptors (Lipinski definition) is 2. The van der Waals surface area contributed by atoms with Crippen LogP contribution in [0.3, 0.4) is 0 Å². The maximum atomic E-state index is 12.4. The molecule has 0 radical (unpaired) electrons. The Hall–Kier alpha value is -2.35. The number of allylic oxidation sites excluding steroid dienone is 1. The van der Waals surface area contributed by atoms with E-state index < -0.39 is 0 Å². The first-order valence-electron chi connectivity index (χ1n) is 5.89. The van der Waals surface area contributed by atoms with E-state index in [9.17, 15) is 4.79 Å². The Labute approximate surface area is 107 Å². The minimum absolute atomic E-state index is 0.0307. The number of hydrogen-bond donors (Lipinski definition) is 1. The van der Waals surface area contributed by atoms with Crippen LogP contribution in [0.2, 0.25) is 0 Å². The second kappa shape index (κ2) is 5.82. The highest BCUT2D eigenvalue weighted by atomic mass is 16.1. The summed E-state index contributed by atoms with van der Waals surface area (Å²) in [6, 6.07) is 16.8. The number of carbonyl (C=O) groups excluding carboxylic acids is 1. The lowest BCUT2D eigenvalue weighted by Gasteiger charge is -2.08. The highest BCUT2D eigenvalue weighted by molar-refractivity contribution is 6.12. The van der Waals surface area contributed by atoms with Crippen molar-refractivity contribution >= 4 is 11.5 Å². The van der Waals surface area contributed by atoms with Gasteiger partial charge in [-0.1, -0.05) is 48.5 Å². The van der Waals surface area contributed by atoms with Gasteiger partial charge in [-0.25, -0.2) is 0 Å². The Morgan fingerprint density at radius 2 is 1.67 bits per heavy atom. The third kappa shape index (κ3) is 2.66. The van der Waals surface area contributed by atoms with Crippen molar-refractivity contribution < 1.29 is 4.79 Å². The fourth-order valence-corrected chi connectivity index (χ4v) is 1.73. The van der Waals surface area contributed by atoms with Crippen LogP contribution in [-0.2, 0) is 0 Å². The average molecular weight is 237 g/mol. The molecule has 2 aromatic carbocycles. The summed E-state index contributed by atoms with van der Waals surface area (Å²) < 4.78 is 0. The first-order chi connectivity index (χ1) is 8.83. The molecule has 2 heteroatoms. The highest BCUT2D eigenvalue weighted by Crippen LogP contribution is 2.19. The van der Waals surface area contributed by atoms with E-state index in [1.807, 2.05) is 73.8 Å². The van der Waals surface area contributed by atoms with Gasteiger partial charge in [0.15, 0.2) is 5.78 Å². The summed E-state index contributed by atoms with van der Waals surface area (Å²) in [5.74, 6) is 0.0307. The van der Waals surface area contributed by atoms with Gasteiger partial charge in [0.05, 0.1) is 0 Å². The fourth-order valence-electron chi connectivity index (χ4n) is 1.73. The molecule has 0 bridgehead atoms. The predicted octanol–water partition coefficient (Wildman–Crippen LogP) is 3.86. The van der Waals surface area contributed by atoms with E-state index in [1.165, 1.54) is 0 Å². The van der Waals surface area contributed by atoms with Crippen LogP contribution < -0.4 is 5.32 Å². The Bertz CT molecular complexity index is 558. The van der Waals surface area contributed by atoms with Gasteiger partial charge >= 0.3 is 0 Å². The number of carbonyl (C=O) groups is 1. The summed E-state index contributed by atoms with van der Waals surface area (Å²) >= 11 is 0. The van der Waals surface area contributed by atoms with E-state index in [1.54, 1.807) is 0 Å². The molecule has 1 N–H and O–H groups in total. The number of nitrogens with one attached hydrogen (secondary N) is 1. The van der Waals surface area contributed by atoms with Crippen LogP contribution in [0.1, 0.15) is 22.8 Å². The highest BCUT2D eigenvalue weighted by Gasteiger charge is 2.11. The minimum atomic E-state index is 0.0307. The van der Waals surface area contributed by atoms with Crippen LogP contribution in [0.15, 0.2) is 66.9 Å². The number of para-hydroxylation sites is 1. The summed E-state index contributed by atoms with van der Waals surface area (Å²) in [6.45, 7) is 1.93. The van der Waals surface area contributed by atoms with Crippen LogP contribution in [0, 0.1) is 0 Å². The summed E-state index contributed by atoms with van der Waals surface area (Å²) in [5, 5.41) is 3.11. The van der Waals surface area contributed by atoms with Crippen molar-refractivity contribution in [3.05, 3.63) is 78.0 Å². The monoisotopic (exact) mass is 237 g/mol. The largest absolute Gasteiger partial charge is 0.361 e. The molecule has 0 heterocycles. The molecule has 90 valence electrons. The second-order valence-electron chi connectivity index (χ2n) is 3.89. The molecule has 2 rings (SSSR count). The van der Waals surface area contributed by atoms with Gasteiger partial charge in [-0.15, -0.1) is 0 Å². The Morgan fingerprint density at radius 1 is 1.00 bits per heavy atom. The van der Waals surface area contributed by atoms with Crippen LogP contribution in [0.5, 0.6) is 0 Å². The molecule has 0 saturated heterocycles. The molecule has 0 unspecified atom stereocenters. The maximum Gasteiger partial charge on any atom is 0.195 e. The fraction of sp³-hybridized carbons (Fsp3) is 0.0625. The van der Waals surface area contributed by atoms with Gasteiger partial charge in [-0.2, -0.15) is 0 Å². The lowest BCUT2D eigenvalue weighted by atomic mass is 10.0. The SMILES string of the molecule is C/C=C\Nc1ccccc1C(=O)c1ccccc1. The molecule has 2 nitrogen and oxygen atoms in total. The third-order valence-corrected chi connectivity index (χ3v) is 2.61. The zero-order chi connectivity index (χ0) is 12.8. The number of benzene rings is 2. The van der Waals surface area contributed by atoms with Crippen molar-refractivity contribution in [1.82, 2.24) is 0 Å². The molecule has 0 aliphatic heterocycles. The summed E-state index contributed by atoms with van der Waals surface area (Å²) in [4.78, 5) is 12.4. The maximum absolute atomic E-state index is 12.4. The molecular formula is C16H15NO. The lowest BCUT2D eigenvalue weighted by Crippen LogP contribution is -2.04. The quantitative estimate of drug-likeness (QED) is 0.818. The van der Waals surface area contributed by atoms with Gasteiger partial charge in [0.2, 0.25) is 0 Å². The summed E-state index contributed by atoms with van der Waals surface area (Å²) in [6.07, 6.45) is 3.71. The summed E-state index contributed by atoms with van der Waals surface area (Å²) in [5.41, 5.74) is 2.21. The molecule has 18 heavy (non-hydrogen) atoms. The number of anilines is 1. The first-order valence-corrected chi connectivity index (χ1v) is 5.89. The molecule has 0 aromatic heterocycles. The molecule has 0 atom stereocenters. The van der Waals surface area contributed by atoms with E-state index in [0.717, 1.165) is 5.69 Å². The zero-order valence-electron chi connectivity index (χ0n) is 10.3. The first kappa shape index (κ1) is 12.1. The van der Waals surface area contributed by atoms with Crippen LogP contribution >= 0.6 is 0 Å². The van der Waals surface area contributed by atoms with Gasteiger partial charge in [-0.05, 0) is 25.3 Å². The van der Waals surface area contributed by atoms with E-state index in [-0.39, 0.29) is 5.78 Å². The molecule has 0 amide bonds. The minimum Gasteiger partial charge on any atom is -0.361 e. The topological polar surface area (TPSA) is 29.1 Å². The van der Waals surface area contributed by atoms with Crippen LogP contribution in [-0.4, -0.2) is 5.78 Å². The number of ketones is 1. The average Bonchev–Trinajstić information content (AvgIpc) is 2.45. The van der Waals surface area contributed by atoms with Crippen molar-refractivity contribution in [2.45, 2.75) is 6.92 Å². The van der Waals surface area contributed by atoms with Crippen molar-refractivity contribution in [2.24, 2.45) is 0 Å². The molecule has 0 fully saturated rings. The van der Waals surface area contributed by atoms with Gasteiger partial charge in [-0.3, -0.25) is 4.79 Å². The zero-order valence-corrected chi connectivity index (χ0v) is 10.3. The van der Waals surface area contributed by atoms with Crippen molar-refractivity contribution in [3.8, 4) is 0 Å². The van der Waals surface area contributed by atoms with Crippen LogP contribution in [0.4, 0.5) is 5.69 Å². The predicted molar refractivity (Wildman–Crippen MR) is 74.8 cm³/mol. The summed E-state index contributed by atoms with van der Waals surface area (Å²) in [7, 11) is 0. The molecule has 0 saturated carbocycles. The van der Waals surface area contributed by atoms with Crippen molar-refractivity contribution in [3.63, 3.8) is 0 Å². The van der Waals surface area contributed by atoms with Gasteiger partial charge in [0, 0.05) is 16.8 Å². The normalized spacial score (nSPS) is 10.5. The number of rotatable bonds is 4. The lowest BCUT2D eigenvalue weighted by molar-refractivity contribution is 0.103. The Balaban J connectivity index is 2.36. The molecule has 0 spiro atoms. The smallest absolute Gasteiger partial charge is 0.195 e. The molecule has 0 aliphatic rings. The van der Waals surface area contributed by atoms with Gasteiger partial charge in [0.25, 0.3) is 0 Å². The third-order valence-electron chi connectivity index (χ3n) is 2.61. The Kier molecular flexibility index (Phi) is 3.92. The Morgan fingerprint density at radius 3 is 2.39 bits per heavy atom. The van der Waals surface area contributed by atoms with Crippen LogP contribution in [0.25, 0.3) is 0 Å². The van der Waals surface area contributed by atoms with E-state index in [4.69, 9.17) is 0 Å². The van der Waals surface area contributed by atoms with Gasteiger partial charge < -0.3 is 5.32 Å². The molecule has 0 aliphatic carbocycles. The second-order valence-corrected chi connectivity index (χ2v) is 3.89. The van der Waals surface area contributed by atoms with Crippen molar-refractivity contribution in [1.29, 1.82) is 0 Å². The van der Waals surface area contributed by atoms with E-state index in [0.29, 0.717) is 11.1 Å². The molecular weight excluding hydrogens is 222 g/mol. The van der Waals surface area contributed by atoms with Gasteiger partial charge in [0.1, 0.15) is 0 Å². The molecule has 2 aromatic rings. The van der Waals surface area contributed by atoms with E-state index >= 15 is 0 Å². The standard InChI is InChI=1S/C16H15NO/c1-2-12-17-15-11-7-6-10-14(15)16(18)13-8-4-3-5-9-13/h2-12,17H,1H3/b12-2-. The van der Waals surface area contributed by atoms with E-state index in [2.05, 4.69) is 5.32 Å².